The van der Waals surface area contributed by atoms with E-state index in [1.807, 2.05) is 17.7 Å². The molecule has 0 saturated heterocycles. The molecule has 3 heteroatoms. The normalized spacial score (nSPS) is 13.5. The van der Waals surface area contributed by atoms with Crippen LogP contribution in [0.15, 0.2) is 12.4 Å². The van der Waals surface area contributed by atoms with Crippen molar-refractivity contribution in [2.24, 2.45) is 0 Å². The predicted molar refractivity (Wildman–Crippen MR) is 42.2 cm³/mol. The van der Waals surface area contributed by atoms with Gasteiger partial charge in [0.15, 0.2) is 0 Å². The third kappa shape index (κ3) is 1.32. The molecule has 1 rings (SSSR count). The molecule has 0 N–H and O–H groups in total. The molecule has 0 aliphatic rings. The first-order valence-electron chi connectivity index (χ1n) is 3.40. The van der Waals surface area contributed by atoms with Gasteiger partial charge in [0.2, 0.25) is 0 Å². The summed E-state index contributed by atoms with van der Waals surface area (Å²) in [6.45, 7) is 4.94. The van der Waals surface area contributed by atoms with Crippen molar-refractivity contribution in [3.05, 3.63) is 18.2 Å². The van der Waals surface area contributed by atoms with Gasteiger partial charge < -0.3 is 4.57 Å². The molecule has 0 bridgehead atoms. The minimum Gasteiger partial charge on any atom is -0.334 e. The summed E-state index contributed by atoms with van der Waals surface area (Å²) in [4.78, 5) is 4.12. The summed E-state index contributed by atoms with van der Waals surface area (Å²) in [5.74, 6) is 0.948. The van der Waals surface area contributed by atoms with Gasteiger partial charge >= 0.3 is 0 Å². The number of halogens is 1. The monoisotopic (exact) mass is 158 g/mol. The lowest BCUT2D eigenvalue weighted by atomic mass is 10.4. The zero-order valence-corrected chi connectivity index (χ0v) is 6.97. The highest BCUT2D eigenvalue weighted by Gasteiger charge is 2.05. The Kier molecular flexibility index (Phi) is 2.33. The average Bonchev–Trinajstić information content (AvgIpc) is 2.33. The molecule has 2 nitrogen and oxygen atoms in total. The Bertz CT molecular complexity index is 205. The van der Waals surface area contributed by atoms with Gasteiger partial charge in [-0.2, -0.15) is 0 Å². The maximum absolute atomic E-state index is 5.85. The molecular weight excluding hydrogens is 148 g/mol. The molecular formula is C7H11ClN2. The van der Waals surface area contributed by atoms with Crippen LogP contribution in [0.4, 0.5) is 0 Å². The lowest BCUT2D eigenvalue weighted by Crippen LogP contribution is -2.00. The topological polar surface area (TPSA) is 17.8 Å². The van der Waals surface area contributed by atoms with Crippen LogP contribution < -0.4 is 0 Å². The lowest BCUT2D eigenvalue weighted by molar-refractivity contribution is 0.697. The van der Waals surface area contributed by atoms with E-state index >= 15 is 0 Å². The van der Waals surface area contributed by atoms with E-state index in [9.17, 15) is 0 Å². The van der Waals surface area contributed by atoms with Crippen molar-refractivity contribution >= 4 is 11.6 Å². The standard InChI is InChI=1S/C7H11ClN2/c1-3-10-5-4-9-7(10)6(2)8/h4-6H,3H2,1-2H3. The molecule has 0 saturated carbocycles. The van der Waals surface area contributed by atoms with Gasteiger partial charge in [0.25, 0.3) is 0 Å². The number of hydrogen-bond acceptors (Lipinski definition) is 1. The predicted octanol–water partition coefficient (Wildman–Crippen LogP) is 2.20. The molecule has 0 spiro atoms. The Morgan fingerprint density at radius 2 is 2.50 bits per heavy atom. The van der Waals surface area contributed by atoms with E-state index in [0.29, 0.717) is 0 Å². The van der Waals surface area contributed by atoms with Gasteiger partial charge in [0.1, 0.15) is 5.82 Å². The van der Waals surface area contributed by atoms with Crippen LogP contribution in [0.2, 0.25) is 0 Å². The second-order valence-corrected chi connectivity index (χ2v) is 2.84. The Morgan fingerprint density at radius 3 is 2.90 bits per heavy atom. The SMILES string of the molecule is CCn1ccnc1C(C)Cl. The van der Waals surface area contributed by atoms with Crippen molar-refractivity contribution in [3.63, 3.8) is 0 Å². The number of aromatic nitrogens is 2. The Hall–Kier alpha value is -0.500. The average molecular weight is 159 g/mol. The number of rotatable bonds is 2. The van der Waals surface area contributed by atoms with E-state index in [-0.39, 0.29) is 5.38 Å². The minimum atomic E-state index is 0.00921. The highest BCUT2D eigenvalue weighted by Crippen LogP contribution is 2.16. The molecule has 0 radical (unpaired) electrons. The van der Waals surface area contributed by atoms with Gasteiger partial charge in [-0.3, -0.25) is 0 Å². The first kappa shape index (κ1) is 7.61. The van der Waals surface area contributed by atoms with E-state index < -0.39 is 0 Å². The van der Waals surface area contributed by atoms with Crippen molar-refractivity contribution in [1.29, 1.82) is 0 Å². The lowest BCUT2D eigenvalue weighted by Gasteiger charge is -2.04. The van der Waals surface area contributed by atoms with E-state index in [0.717, 1.165) is 12.4 Å². The van der Waals surface area contributed by atoms with E-state index in [4.69, 9.17) is 11.6 Å². The fourth-order valence-electron chi connectivity index (χ4n) is 0.939. The summed E-state index contributed by atoms with van der Waals surface area (Å²) in [5.41, 5.74) is 0. The van der Waals surface area contributed by atoms with Gasteiger partial charge in [-0.25, -0.2) is 4.98 Å². The van der Waals surface area contributed by atoms with Gasteiger partial charge in [0, 0.05) is 18.9 Å². The largest absolute Gasteiger partial charge is 0.334 e. The Morgan fingerprint density at radius 1 is 1.80 bits per heavy atom. The van der Waals surface area contributed by atoms with Crippen LogP contribution in [0.3, 0.4) is 0 Å². The van der Waals surface area contributed by atoms with Gasteiger partial charge in [-0.15, -0.1) is 11.6 Å². The van der Waals surface area contributed by atoms with E-state index in [1.165, 1.54) is 0 Å². The molecule has 0 aliphatic carbocycles. The fraction of sp³-hybridized carbons (Fsp3) is 0.571. The van der Waals surface area contributed by atoms with Crippen LogP contribution in [-0.4, -0.2) is 9.55 Å². The van der Waals surface area contributed by atoms with Gasteiger partial charge in [-0.05, 0) is 13.8 Å². The molecule has 0 fully saturated rings. The summed E-state index contributed by atoms with van der Waals surface area (Å²) < 4.78 is 2.04. The minimum absolute atomic E-state index is 0.00921. The smallest absolute Gasteiger partial charge is 0.126 e. The zero-order valence-electron chi connectivity index (χ0n) is 6.21. The summed E-state index contributed by atoms with van der Waals surface area (Å²) in [6, 6.07) is 0. The molecule has 56 valence electrons. The van der Waals surface area contributed by atoms with Crippen LogP contribution in [0.25, 0.3) is 0 Å². The molecule has 1 heterocycles. The van der Waals surface area contributed by atoms with Crippen molar-refractivity contribution in [2.75, 3.05) is 0 Å². The molecule has 1 aromatic heterocycles. The second kappa shape index (κ2) is 3.06. The quantitative estimate of drug-likeness (QED) is 0.604. The molecule has 0 amide bonds. The summed E-state index contributed by atoms with van der Waals surface area (Å²) >= 11 is 5.85. The number of imidazole rings is 1. The maximum atomic E-state index is 5.85. The molecule has 1 unspecified atom stereocenters. The first-order chi connectivity index (χ1) is 4.75. The van der Waals surface area contributed by atoms with Crippen LogP contribution in [0.1, 0.15) is 25.0 Å². The van der Waals surface area contributed by atoms with Crippen LogP contribution in [0.5, 0.6) is 0 Å². The molecule has 0 aliphatic heterocycles. The van der Waals surface area contributed by atoms with Crippen molar-refractivity contribution in [1.82, 2.24) is 9.55 Å². The highest BCUT2D eigenvalue weighted by molar-refractivity contribution is 6.20. The number of aryl methyl sites for hydroxylation is 1. The maximum Gasteiger partial charge on any atom is 0.126 e. The highest BCUT2D eigenvalue weighted by atomic mass is 35.5. The van der Waals surface area contributed by atoms with Crippen LogP contribution in [0, 0.1) is 0 Å². The third-order valence-corrected chi connectivity index (χ3v) is 1.64. The number of alkyl halides is 1. The molecule has 0 aromatic carbocycles. The summed E-state index contributed by atoms with van der Waals surface area (Å²) in [7, 11) is 0. The van der Waals surface area contributed by atoms with Crippen LogP contribution in [-0.2, 0) is 6.54 Å². The third-order valence-electron chi connectivity index (χ3n) is 1.44. The Labute approximate surface area is 65.8 Å². The number of nitrogens with zero attached hydrogens (tertiary/aromatic N) is 2. The van der Waals surface area contributed by atoms with Gasteiger partial charge in [0.05, 0.1) is 5.38 Å². The van der Waals surface area contributed by atoms with Gasteiger partial charge in [-0.1, -0.05) is 0 Å². The van der Waals surface area contributed by atoms with E-state index in [1.54, 1.807) is 6.20 Å². The fourth-order valence-corrected chi connectivity index (χ4v) is 1.12. The summed E-state index contributed by atoms with van der Waals surface area (Å²) in [5, 5.41) is 0.00921. The zero-order chi connectivity index (χ0) is 7.56. The Balaban J connectivity index is 2.90. The molecule has 1 atom stereocenters. The first-order valence-corrected chi connectivity index (χ1v) is 3.84. The summed E-state index contributed by atoms with van der Waals surface area (Å²) in [6.07, 6.45) is 3.71. The van der Waals surface area contributed by atoms with Crippen molar-refractivity contribution < 1.29 is 0 Å². The second-order valence-electron chi connectivity index (χ2n) is 2.19. The van der Waals surface area contributed by atoms with Crippen molar-refractivity contribution in [2.45, 2.75) is 25.8 Å². The van der Waals surface area contributed by atoms with Crippen LogP contribution >= 0.6 is 11.6 Å². The van der Waals surface area contributed by atoms with Crippen molar-refractivity contribution in [3.8, 4) is 0 Å². The van der Waals surface area contributed by atoms with E-state index in [2.05, 4.69) is 11.9 Å². The molecule has 1 aromatic rings. The molecule has 10 heavy (non-hydrogen) atoms. The number of hydrogen-bond donors (Lipinski definition) is 0.